The number of ether oxygens (including phenoxy) is 1. The van der Waals surface area contributed by atoms with Gasteiger partial charge in [-0.1, -0.05) is 48.5 Å². The van der Waals surface area contributed by atoms with Crippen LogP contribution in [0.5, 0.6) is 5.75 Å². The fourth-order valence-electron chi connectivity index (χ4n) is 3.01. The van der Waals surface area contributed by atoms with Crippen LogP contribution in [-0.4, -0.2) is 35.0 Å². The summed E-state index contributed by atoms with van der Waals surface area (Å²) >= 11 is 0. The van der Waals surface area contributed by atoms with Crippen molar-refractivity contribution in [2.45, 2.75) is 32.2 Å². The highest BCUT2D eigenvalue weighted by atomic mass is 16.5. The van der Waals surface area contributed by atoms with Crippen LogP contribution in [-0.2, 0) is 16.0 Å². The topological polar surface area (TPSA) is 87.7 Å². The SMILES string of the molecule is Cc1ccccc1OCC(=O)NN1C(=O)N[C@](C)(CCc2ccccc2)C1=O. The molecule has 28 heavy (non-hydrogen) atoms. The molecule has 0 aromatic heterocycles. The molecule has 2 aromatic rings. The zero-order chi connectivity index (χ0) is 20.1. The average Bonchev–Trinajstić information content (AvgIpc) is 2.90. The Morgan fingerprint density at radius 2 is 1.79 bits per heavy atom. The summed E-state index contributed by atoms with van der Waals surface area (Å²) < 4.78 is 5.45. The van der Waals surface area contributed by atoms with Crippen LogP contribution in [0, 0.1) is 6.92 Å². The number of hydrogen-bond donors (Lipinski definition) is 2. The van der Waals surface area contributed by atoms with Gasteiger partial charge in [-0.05, 0) is 43.9 Å². The maximum Gasteiger partial charge on any atom is 0.344 e. The molecular formula is C21H23N3O4. The van der Waals surface area contributed by atoms with Crippen LogP contribution in [0.15, 0.2) is 54.6 Å². The number of urea groups is 1. The fourth-order valence-corrected chi connectivity index (χ4v) is 3.01. The summed E-state index contributed by atoms with van der Waals surface area (Å²) in [6, 6.07) is 16.3. The van der Waals surface area contributed by atoms with E-state index in [1.165, 1.54) is 0 Å². The van der Waals surface area contributed by atoms with Crippen LogP contribution in [0.2, 0.25) is 0 Å². The molecule has 7 heteroatoms. The van der Waals surface area contributed by atoms with Crippen molar-refractivity contribution >= 4 is 17.8 Å². The number of benzene rings is 2. The van der Waals surface area contributed by atoms with Gasteiger partial charge in [0.05, 0.1) is 0 Å². The lowest BCUT2D eigenvalue weighted by Crippen LogP contribution is -2.50. The normalized spacial score (nSPS) is 18.7. The minimum absolute atomic E-state index is 0.303. The first-order chi connectivity index (χ1) is 13.4. The molecule has 2 N–H and O–H groups in total. The summed E-state index contributed by atoms with van der Waals surface area (Å²) in [5.74, 6) is -0.501. The number of nitrogens with one attached hydrogen (secondary N) is 2. The van der Waals surface area contributed by atoms with E-state index < -0.39 is 23.4 Å². The first-order valence-electron chi connectivity index (χ1n) is 9.07. The third kappa shape index (κ3) is 4.31. The first kappa shape index (κ1) is 19.4. The van der Waals surface area contributed by atoms with Crippen molar-refractivity contribution in [3.8, 4) is 5.75 Å². The average molecular weight is 381 g/mol. The molecule has 1 aliphatic rings. The number of amides is 4. The van der Waals surface area contributed by atoms with E-state index in [9.17, 15) is 14.4 Å². The third-order valence-electron chi connectivity index (χ3n) is 4.71. The van der Waals surface area contributed by atoms with Gasteiger partial charge in [-0.15, -0.1) is 0 Å². The molecule has 0 unspecified atom stereocenters. The van der Waals surface area contributed by atoms with E-state index in [2.05, 4.69) is 10.7 Å². The van der Waals surface area contributed by atoms with Crippen LogP contribution in [0.1, 0.15) is 24.5 Å². The van der Waals surface area contributed by atoms with Gasteiger partial charge in [0.1, 0.15) is 11.3 Å². The van der Waals surface area contributed by atoms with Gasteiger partial charge in [0.2, 0.25) is 0 Å². The summed E-state index contributed by atoms with van der Waals surface area (Å²) in [5.41, 5.74) is 3.21. The molecule has 1 saturated heterocycles. The largest absolute Gasteiger partial charge is 0.483 e. The Bertz CT molecular complexity index is 884. The monoisotopic (exact) mass is 381 g/mol. The minimum atomic E-state index is -1.07. The fraction of sp³-hybridized carbons (Fsp3) is 0.286. The van der Waals surface area contributed by atoms with Crippen molar-refractivity contribution in [1.82, 2.24) is 15.8 Å². The number of carbonyl (C=O) groups is 3. The number of aryl methyl sites for hydroxylation is 2. The Kier molecular flexibility index (Phi) is 5.63. The highest BCUT2D eigenvalue weighted by Gasteiger charge is 2.48. The number of rotatable bonds is 7. The van der Waals surface area contributed by atoms with Crippen molar-refractivity contribution in [1.29, 1.82) is 0 Å². The second kappa shape index (κ2) is 8.12. The van der Waals surface area contributed by atoms with E-state index >= 15 is 0 Å². The predicted molar refractivity (Wildman–Crippen MR) is 103 cm³/mol. The second-order valence-electron chi connectivity index (χ2n) is 6.98. The molecule has 0 saturated carbocycles. The molecular weight excluding hydrogens is 358 g/mol. The minimum Gasteiger partial charge on any atom is -0.483 e. The van der Waals surface area contributed by atoms with Crippen molar-refractivity contribution < 1.29 is 19.1 Å². The molecule has 4 amide bonds. The molecule has 0 radical (unpaired) electrons. The molecule has 0 spiro atoms. The van der Waals surface area contributed by atoms with Crippen molar-refractivity contribution in [3.63, 3.8) is 0 Å². The zero-order valence-electron chi connectivity index (χ0n) is 15.9. The van der Waals surface area contributed by atoms with Gasteiger partial charge in [-0.25, -0.2) is 4.79 Å². The third-order valence-corrected chi connectivity index (χ3v) is 4.71. The van der Waals surface area contributed by atoms with E-state index in [-0.39, 0.29) is 6.61 Å². The molecule has 7 nitrogen and oxygen atoms in total. The number of para-hydroxylation sites is 1. The van der Waals surface area contributed by atoms with Gasteiger partial charge in [0, 0.05) is 0 Å². The molecule has 1 atom stereocenters. The van der Waals surface area contributed by atoms with Gasteiger partial charge in [-0.3, -0.25) is 15.0 Å². The number of nitrogens with zero attached hydrogens (tertiary/aromatic N) is 1. The van der Waals surface area contributed by atoms with Crippen molar-refractivity contribution in [2.75, 3.05) is 6.61 Å². The van der Waals surface area contributed by atoms with Gasteiger partial charge in [0.15, 0.2) is 6.61 Å². The number of carbonyl (C=O) groups excluding carboxylic acids is 3. The molecule has 3 rings (SSSR count). The first-order valence-corrected chi connectivity index (χ1v) is 9.07. The molecule has 0 aliphatic carbocycles. The van der Waals surface area contributed by atoms with Crippen molar-refractivity contribution in [2.24, 2.45) is 0 Å². The van der Waals surface area contributed by atoms with E-state index in [0.29, 0.717) is 18.6 Å². The summed E-state index contributed by atoms with van der Waals surface area (Å²) in [5, 5.41) is 3.40. The zero-order valence-corrected chi connectivity index (χ0v) is 15.9. The number of hydrogen-bond acceptors (Lipinski definition) is 4. The van der Waals surface area contributed by atoms with Gasteiger partial charge in [0.25, 0.3) is 11.8 Å². The standard InChI is InChI=1S/C21H23N3O4/c1-15-8-6-7-11-17(15)28-14-18(25)23-24-19(26)21(2,22-20(24)27)13-12-16-9-4-3-5-10-16/h3-11H,12-14H2,1-2H3,(H,22,27)(H,23,25)/t21-/m1/s1. The quantitative estimate of drug-likeness (QED) is 0.721. The Balaban J connectivity index is 1.57. The van der Waals surface area contributed by atoms with Crippen LogP contribution in [0.25, 0.3) is 0 Å². The Morgan fingerprint density at radius 1 is 1.11 bits per heavy atom. The molecule has 1 aliphatic heterocycles. The number of hydrazine groups is 1. The van der Waals surface area contributed by atoms with Crippen LogP contribution < -0.4 is 15.5 Å². The highest BCUT2D eigenvalue weighted by Crippen LogP contribution is 2.22. The molecule has 1 fully saturated rings. The summed E-state index contributed by atoms with van der Waals surface area (Å²) in [4.78, 5) is 37.1. The Hall–Kier alpha value is -3.35. The molecule has 0 bridgehead atoms. The Morgan fingerprint density at radius 3 is 2.50 bits per heavy atom. The van der Waals surface area contributed by atoms with E-state index in [0.717, 1.165) is 16.1 Å². The Labute approximate surface area is 163 Å². The summed E-state index contributed by atoms with van der Waals surface area (Å²) in [6.45, 7) is 3.22. The van der Waals surface area contributed by atoms with Gasteiger partial charge < -0.3 is 10.1 Å². The van der Waals surface area contributed by atoms with E-state index in [4.69, 9.17) is 4.74 Å². The molecule has 146 valence electrons. The van der Waals surface area contributed by atoms with Gasteiger partial charge in [-0.2, -0.15) is 5.01 Å². The van der Waals surface area contributed by atoms with Crippen LogP contribution >= 0.6 is 0 Å². The highest BCUT2D eigenvalue weighted by molar-refractivity contribution is 6.07. The lowest BCUT2D eigenvalue weighted by Gasteiger charge is -2.21. The molecule has 1 heterocycles. The van der Waals surface area contributed by atoms with E-state index in [1.54, 1.807) is 19.1 Å². The van der Waals surface area contributed by atoms with E-state index in [1.807, 2.05) is 49.4 Å². The maximum absolute atomic E-state index is 12.7. The maximum atomic E-state index is 12.7. The van der Waals surface area contributed by atoms with Crippen molar-refractivity contribution in [3.05, 3.63) is 65.7 Å². The van der Waals surface area contributed by atoms with Crippen LogP contribution in [0.3, 0.4) is 0 Å². The van der Waals surface area contributed by atoms with Crippen LogP contribution in [0.4, 0.5) is 4.79 Å². The lowest BCUT2D eigenvalue weighted by molar-refractivity contribution is -0.139. The number of imide groups is 1. The lowest BCUT2D eigenvalue weighted by atomic mass is 9.93. The summed E-state index contributed by atoms with van der Waals surface area (Å²) in [7, 11) is 0. The smallest absolute Gasteiger partial charge is 0.344 e. The predicted octanol–water partition coefficient (Wildman–Crippen LogP) is 2.35. The van der Waals surface area contributed by atoms with Gasteiger partial charge >= 0.3 is 6.03 Å². The summed E-state index contributed by atoms with van der Waals surface area (Å²) in [6.07, 6.45) is 1.05. The molecule has 2 aromatic carbocycles. The second-order valence-corrected chi connectivity index (χ2v) is 6.98.